The summed E-state index contributed by atoms with van der Waals surface area (Å²) in [6.45, 7) is -0.229. The van der Waals surface area contributed by atoms with Gasteiger partial charge < -0.3 is 5.11 Å². The fourth-order valence-corrected chi connectivity index (χ4v) is 2.97. The highest BCUT2D eigenvalue weighted by Gasteiger charge is 2.06. The molecule has 1 N–H and O–H groups in total. The molecular weight excluding hydrogens is 341 g/mol. The van der Waals surface area contributed by atoms with Crippen LogP contribution in [-0.4, -0.2) is 16.7 Å². The molecule has 0 amide bonds. The lowest BCUT2D eigenvalue weighted by Crippen LogP contribution is -1.90. The van der Waals surface area contributed by atoms with Crippen LogP contribution in [0.4, 0.5) is 4.39 Å². The minimum absolute atomic E-state index is 0.229. The fourth-order valence-electron chi connectivity index (χ4n) is 1.51. The summed E-state index contributed by atoms with van der Waals surface area (Å²) in [5.41, 5.74) is 1.16. The lowest BCUT2D eigenvalue weighted by atomic mass is 10.1. The van der Waals surface area contributed by atoms with E-state index in [-0.39, 0.29) is 12.4 Å². The summed E-state index contributed by atoms with van der Waals surface area (Å²) >= 11 is 4.87. The Labute approximate surface area is 129 Å². The number of aromatic nitrogens is 1. The topological polar surface area (TPSA) is 33.1 Å². The number of pyridine rings is 1. The number of aliphatic hydroxyl groups excluding tert-OH is 1. The van der Waals surface area contributed by atoms with E-state index >= 15 is 0 Å². The Morgan fingerprint density at radius 3 is 2.90 bits per heavy atom. The Hall–Kier alpha value is -1.35. The van der Waals surface area contributed by atoms with Crippen molar-refractivity contribution >= 4 is 27.7 Å². The monoisotopic (exact) mass is 351 g/mol. The highest BCUT2D eigenvalue weighted by Crippen LogP contribution is 2.28. The minimum atomic E-state index is -0.297. The summed E-state index contributed by atoms with van der Waals surface area (Å²) in [7, 11) is 0. The average molecular weight is 352 g/mol. The maximum absolute atomic E-state index is 13.9. The number of hydrogen-bond donors (Lipinski definition) is 1. The molecule has 0 saturated heterocycles. The second-order valence-corrected chi connectivity index (χ2v) is 5.66. The number of aliphatic hydroxyl groups is 1. The van der Waals surface area contributed by atoms with Gasteiger partial charge in [0, 0.05) is 22.0 Å². The van der Waals surface area contributed by atoms with Gasteiger partial charge in [0.1, 0.15) is 17.5 Å². The molecule has 0 radical (unpaired) electrons. The molecule has 0 unspecified atom stereocenters. The summed E-state index contributed by atoms with van der Waals surface area (Å²) < 4.78 is 14.8. The van der Waals surface area contributed by atoms with Crippen LogP contribution in [0.2, 0.25) is 0 Å². The first kappa shape index (κ1) is 15.0. The fraction of sp³-hybridized carbons (Fsp3) is 0.133. The highest BCUT2D eigenvalue weighted by molar-refractivity contribution is 9.10. The Morgan fingerprint density at radius 1 is 1.35 bits per heavy atom. The van der Waals surface area contributed by atoms with Gasteiger partial charge in [-0.3, -0.25) is 0 Å². The molecule has 2 nitrogen and oxygen atoms in total. The van der Waals surface area contributed by atoms with Crippen LogP contribution in [-0.2, 0) is 5.75 Å². The van der Waals surface area contributed by atoms with Gasteiger partial charge in [0.05, 0.1) is 0 Å². The molecule has 2 aromatic rings. The molecule has 0 aliphatic rings. The van der Waals surface area contributed by atoms with Crippen molar-refractivity contribution in [3.8, 4) is 11.8 Å². The number of benzene rings is 1. The first-order valence-corrected chi connectivity index (χ1v) is 7.60. The number of hydrogen-bond acceptors (Lipinski definition) is 3. The minimum Gasteiger partial charge on any atom is -0.384 e. The van der Waals surface area contributed by atoms with Crippen molar-refractivity contribution in [2.75, 3.05) is 6.61 Å². The van der Waals surface area contributed by atoms with Gasteiger partial charge >= 0.3 is 0 Å². The van der Waals surface area contributed by atoms with E-state index < -0.39 is 0 Å². The van der Waals surface area contributed by atoms with Crippen molar-refractivity contribution < 1.29 is 9.50 Å². The molecule has 0 saturated carbocycles. The third-order valence-corrected chi connectivity index (χ3v) is 4.41. The van der Waals surface area contributed by atoms with Crippen LogP contribution in [0.25, 0.3) is 0 Å². The molecule has 0 fully saturated rings. The van der Waals surface area contributed by atoms with Gasteiger partial charge in [-0.2, -0.15) is 0 Å². The van der Waals surface area contributed by atoms with Crippen LogP contribution in [0, 0.1) is 17.7 Å². The van der Waals surface area contributed by atoms with Crippen molar-refractivity contribution in [2.45, 2.75) is 10.8 Å². The molecule has 0 spiro atoms. The number of nitrogens with zero attached hydrogens (tertiary/aromatic N) is 1. The third-order valence-electron chi connectivity index (χ3n) is 2.45. The Bertz CT molecular complexity index is 666. The molecule has 0 atom stereocenters. The molecule has 20 heavy (non-hydrogen) atoms. The predicted molar refractivity (Wildman–Crippen MR) is 81.9 cm³/mol. The van der Waals surface area contributed by atoms with Crippen LogP contribution in [0.3, 0.4) is 0 Å². The van der Waals surface area contributed by atoms with E-state index in [1.165, 1.54) is 17.8 Å². The summed E-state index contributed by atoms with van der Waals surface area (Å²) in [4.78, 5) is 4.22. The zero-order valence-corrected chi connectivity index (χ0v) is 12.8. The van der Waals surface area contributed by atoms with Gasteiger partial charge in [0.25, 0.3) is 0 Å². The molecular formula is C15H11BrFNOS. The van der Waals surface area contributed by atoms with Gasteiger partial charge in [-0.05, 0) is 45.8 Å². The van der Waals surface area contributed by atoms with E-state index in [1.807, 2.05) is 12.1 Å². The SMILES string of the molecule is OCC#Cc1ccc(CSc2ncccc2Br)c(F)c1. The van der Waals surface area contributed by atoms with Crippen molar-refractivity contribution in [3.63, 3.8) is 0 Å². The van der Waals surface area contributed by atoms with E-state index in [2.05, 4.69) is 32.8 Å². The lowest BCUT2D eigenvalue weighted by Gasteiger charge is -2.05. The van der Waals surface area contributed by atoms with Crippen molar-refractivity contribution in [1.29, 1.82) is 0 Å². The van der Waals surface area contributed by atoms with E-state index in [0.29, 0.717) is 16.9 Å². The molecule has 102 valence electrons. The second kappa shape index (κ2) is 7.44. The Kier molecular flexibility index (Phi) is 5.60. The third kappa shape index (κ3) is 4.07. The molecule has 1 aromatic heterocycles. The van der Waals surface area contributed by atoms with E-state index in [0.717, 1.165) is 9.50 Å². The molecule has 0 bridgehead atoms. The lowest BCUT2D eigenvalue weighted by molar-refractivity contribution is 0.350. The van der Waals surface area contributed by atoms with E-state index in [1.54, 1.807) is 18.3 Å². The molecule has 1 heterocycles. The van der Waals surface area contributed by atoms with E-state index in [4.69, 9.17) is 5.11 Å². The van der Waals surface area contributed by atoms with Crippen LogP contribution >= 0.6 is 27.7 Å². The normalized spacial score (nSPS) is 9.95. The second-order valence-electron chi connectivity index (χ2n) is 3.85. The smallest absolute Gasteiger partial charge is 0.128 e. The Morgan fingerprint density at radius 2 is 2.20 bits per heavy atom. The van der Waals surface area contributed by atoms with E-state index in [9.17, 15) is 4.39 Å². The van der Waals surface area contributed by atoms with Gasteiger partial charge in [-0.1, -0.05) is 17.9 Å². The number of thioether (sulfide) groups is 1. The van der Waals surface area contributed by atoms with Gasteiger partial charge in [-0.25, -0.2) is 9.37 Å². The molecule has 5 heteroatoms. The first-order chi connectivity index (χ1) is 9.70. The maximum atomic E-state index is 13.9. The highest BCUT2D eigenvalue weighted by atomic mass is 79.9. The van der Waals surface area contributed by atoms with Crippen molar-refractivity contribution in [3.05, 3.63) is 57.9 Å². The summed E-state index contributed by atoms with van der Waals surface area (Å²) in [6, 6.07) is 8.57. The van der Waals surface area contributed by atoms with Gasteiger partial charge in [0.15, 0.2) is 0 Å². The number of halogens is 2. The van der Waals surface area contributed by atoms with Crippen LogP contribution < -0.4 is 0 Å². The molecule has 2 rings (SSSR count). The van der Waals surface area contributed by atoms with Gasteiger partial charge in [0.2, 0.25) is 0 Å². The first-order valence-electron chi connectivity index (χ1n) is 5.82. The predicted octanol–water partition coefficient (Wildman–Crippen LogP) is 3.62. The van der Waals surface area contributed by atoms with Crippen LogP contribution in [0.5, 0.6) is 0 Å². The molecule has 0 aliphatic carbocycles. The zero-order valence-electron chi connectivity index (χ0n) is 10.4. The van der Waals surface area contributed by atoms with Crippen LogP contribution in [0.15, 0.2) is 46.0 Å². The maximum Gasteiger partial charge on any atom is 0.128 e. The average Bonchev–Trinajstić information content (AvgIpc) is 2.45. The van der Waals surface area contributed by atoms with Crippen molar-refractivity contribution in [1.82, 2.24) is 4.98 Å². The van der Waals surface area contributed by atoms with Gasteiger partial charge in [-0.15, -0.1) is 11.8 Å². The summed E-state index contributed by atoms with van der Waals surface area (Å²) in [6.07, 6.45) is 1.71. The summed E-state index contributed by atoms with van der Waals surface area (Å²) in [5.74, 6) is 5.37. The standard InChI is InChI=1S/C15H11BrFNOS/c16-13-4-1-7-18-15(13)20-10-12-6-5-11(3-2-8-19)9-14(12)17/h1,4-7,9,19H,8,10H2. The largest absolute Gasteiger partial charge is 0.384 e. The Balaban J connectivity index is 2.09. The zero-order chi connectivity index (χ0) is 14.4. The van der Waals surface area contributed by atoms with Crippen LogP contribution in [0.1, 0.15) is 11.1 Å². The quantitative estimate of drug-likeness (QED) is 0.677. The molecule has 0 aliphatic heterocycles. The summed E-state index contributed by atoms with van der Waals surface area (Å²) in [5, 5.41) is 9.44. The molecule has 1 aromatic carbocycles. The number of rotatable bonds is 3. The van der Waals surface area contributed by atoms with Crippen molar-refractivity contribution in [2.24, 2.45) is 0 Å².